The third-order valence-corrected chi connectivity index (χ3v) is 18.6. The van der Waals surface area contributed by atoms with Crippen LogP contribution >= 0.6 is 46.1 Å². The standard InChI is InChI=1S/C16H11ClO2S.C16H12F6O.C16H14N2O.C15H12N2O.C14H12Cl2O.C11H13NO3/c1-10-6-8-11(9-7-10)19-16(18)15-14(17)12-4-2-3-5-13(12)20-15;1-10-2-4-14(5-3-10)23-9-11-6-12(15(17,18)19)8-13(7-11)16(20,21)22;1-11-7-9-12(10-8-11)17-15-13-5-3-4-6-14(13)18(2)16(15)19;1-10-6-8-11(9-7-10)16-14-12-4-2-3-5-13(12)17-15(14)18;1-10-2-4-14(5-3-10)17-9-11-6-12(15)8-13(16)7-11;1-8-2-4-9(5-3-8)12-10(13)6-7-11(14)15/h2-9H,1H3;2-8H,9H2,1H3;3-10H,1-2H3;2-9H,1H3,(H,16,17,18);2-8H,9H2,1H3;2-5H,6-7H2,1H3,(H,12,13)(H,14,15). The van der Waals surface area contributed by atoms with Crippen LogP contribution in [0.1, 0.15) is 89.3 Å². The number of para-hydroxylation sites is 2. The molecule has 2 aliphatic rings. The van der Waals surface area contributed by atoms with Gasteiger partial charge in [0.05, 0.1) is 45.3 Å². The van der Waals surface area contributed by atoms with E-state index in [-0.39, 0.29) is 42.2 Å². The summed E-state index contributed by atoms with van der Waals surface area (Å²) < 4.78 is 93.6. The van der Waals surface area contributed by atoms with Crippen molar-refractivity contribution in [1.29, 1.82) is 0 Å². The highest BCUT2D eigenvalue weighted by Crippen LogP contribution is 2.39. The van der Waals surface area contributed by atoms with Gasteiger partial charge in [-0.3, -0.25) is 19.2 Å². The smallest absolute Gasteiger partial charge is 0.416 e. The number of halogens is 9. The highest BCUT2D eigenvalue weighted by molar-refractivity contribution is 7.21. The van der Waals surface area contributed by atoms with Gasteiger partial charge in [0.25, 0.3) is 11.8 Å². The van der Waals surface area contributed by atoms with E-state index < -0.39 is 42.0 Å². The summed E-state index contributed by atoms with van der Waals surface area (Å²) in [6, 6.07) is 74.6. The van der Waals surface area contributed by atoms with Gasteiger partial charge in [0, 0.05) is 50.4 Å². The molecule has 0 radical (unpaired) electrons. The Kier molecular flexibility index (Phi) is 29.4. The van der Waals surface area contributed by atoms with Crippen LogP contribution in [-0.4, -0.2) is 53.2 Å². The number of aliphatic imine (C=N–C) groups is 2. The predicted molar refractivity (Wildman–Crippen MR) is 433 cm³/mol. The van der Waals surface area contributed by atoms with Crippen LogP contribution in [0.4, 0.5) is 54.8 Å². The first kappa shape index (κ1) is 84.1. The third-order valence-electron chi connectivity index (χ3n) is 16.5. The normalized spacial score (nSPS) is 12.5. The molecular weight excluding hydrogens is 1520 g/mol. The highest BCUT2D eigenvalue weighted by Gasteiger charge is 2.37. The molecule has 0 spiro atoms. The summed E-state index contributed by atoms with van der Waals surface area (Å²) >= 11 is 19.4. The zero-order valence-electron chi connectivity index (χ0n) is 61.4. The molecule has 11 aromatic carbocycles. The maximum atomic E-state index is 12.7. The van der Waals surface area contributed by atoms with Crippen LogP contribution in [-0.2, 0) is 44.7 Å². The van der Waals surface area contributed by atoms with Crippen LogP contribution < -0.4 is 29.7 Å². The number of esters is 1. The number of aliphatic carboxylic acids is 1. The Morgan fingerprint density at radius 1 is 0.500 bits per heavy atom. The molecule has 12 aromatic rings. The molecule has 0 bridgehead atoms. The zero-order chi connectivity index (χ0) is 80.8. The number of likely N-dealkylation sites (N-methyl/N-ethyl adjacent to an activating group) is 1. The van der Waals surface area contributed by atoms with Crippen molar-refractivity contribution in [3.05, 3.63) is 341 Å². The first-order valence-corrected chi connectivity index (χ1v) is 36.5. The second-order valence-corrected chi connectivity index (χ2v) is 27.9. The molecule has 1 aromatic heterocycles. The minimum Gasteiger partial charge on any atom is -0.489 e. The number of amides is 3. The van der Waals surface area contributed by atoms with Crippen molar-refractivity contribution in [2.24, 2.45) is 9.98 Å². The largest absolute Gasteiger partial charge is 0.489 e. The molecule has 0 atom stereocenters. The van der Waals surface area contributed by atoms with Gasteiger partial charge >= 0.3 is 24.3 Å². The molecule has 3 N–H and O–H groups in total. The van der Waals surface area contributed by atoms with E-state index in [1.807, 2.05) is 224 Å². The maximum Gasteiger partial charge on any atom is 0.416 e. The maximum absolute atomic E-state index is 12.7. The average Bonchev–Trinajstić information content (AvgIpc) is 1.44. The van der Waals surface area contributed by atoms with Crippen molar-refractivity contribution in [2.45, 2.75) is 80.0 Å². The fourth-order valence-corrected chi connectivity index (χ4v) is 12.5. The van der Waals surface area contributed by atoms with Crippen molar-refractivity contribution < 1.29 is 69.6 Å². The van der Waals surface area contributed by atoms with E-state index in [9.17, 15) is 50.3 Å². The van der Waals surface area contributed by atoms with Crippen molar-refractivity contribution >= 4 is 126 Å². The van der Waals surface area contributed by atoms with Gasteiger partial charge in [0.15, 0.2) is 0 Å². The number of aryl methyl sites for hydroxylation is 6. The minimum absolute atomic E-state index is 0.00318. The summed E-state index contributed by atoms with van der Waals surface area (Å²) in [5.74, 6) is -0.128. The first-order valence-electron chi connectivity index (χ1n) is 34.6. The fraction of sp³-hybridized carbons (Fsp3) is 0.148. The lowest BCUT2D eigenvalue weighted by Gasteiger charge is -2.14. The van der Waals surface area contributed by atoms with E-state index in [0.717, 1.165) is 72.0 Å². The van der Waals surface area contributed by atoms with E-state index in [1.54, 1.807) is 66.5 Å². The third kappa shape index (κ3) is 25.1. The number of ether oxygens (including phenoxy) is 3. The van der Waals surface area contributed by atoms with Gasteiger partial charge in [-0.25, -0.2) is 14.8 Å². The summed E-state index contributed by atoms with van der Waals surface area (Å²) in [5.41, 5.74) is 11.6. The highest BCUT2D eigenvalue weighted by atomic mass is 35.5. The Morgan fingerprint density at radius 3 is 1.42 bits per heavy atom. The number of fused-ring (bicyclic) bond motifs is 3. The second-order valence-electron chi connectivity index (χ2n) is 25.6. The van der Waals surface area contributed by atoms with Gasteiger partial charge in [0.1, 0.15) is 46.8 Å². The number of carboxylic acids is 1. The summed E-state index contributed by atoms with van der Waals surface area (Å²) in [4.78, 5) is 68.7. The number of nitrogens with zero attached hydrogens (tertiary/aromatic N) is 3. The van der Waals surface area contributed by atoms with Crippen LogP contribution in [0, 0.1) is 41.5 Å². The van der Waals surface area contributed by atoms with Crippen LogP contribution in [0.2, 0.25) is 15.1 Å². The topological polar surface area (TPSA) is 185 Å². The number of carbonyl (C=O) groups excluding carboxylic acids is 4. The molecule has 0 saturated carbocycles. The van der Waals surface area contributed by atoms with E-state index >= 15 is 0 Å². The number of thiophene rings is 1. The monoisotopic (exact) mass is 1600 g/mol. The Labute approximate surface area is 662 Å². The number of carboxylic acid groups (broad SMARTS) is 1. The van der Waals surface area contributed by atoms with Crippen LogP contribution in [0.15, 0.2) is 265 Å². The lowest BCUT2D eigenvalue weighted by atomic mass is 10.1. The van der Waals surface area contributed by atoms with E-state index in [1.165, 1.54) is 28.0 Å². The van der Waals surface area contributed by atoms with Gasteiger partial charge in [0.2, 0.25) is 5.91 Å². The molecule has 2 aliphatic heterocycles. The minimum atomic E-state index is -4.86. The predicted octanol–water partition coefficient (Wildman–Crippen LogP) is 23.5. The molecule has 24 heteroatoms. The first-order chi connectivity index (χ1) is 53.3. The lowest BCUT2D eigenvalue weighted by molar-refractivity contribution is -0.143. The van der Waals surface area contributed by atoms with Crippen LogP contribution in [0.5, 0.6) is 17.2 Å². The van der Waals surface area contributed by atoms with Crippen molar-refractivity contribution in [3.8, 4) is 17.2 Å². The summed E-state index contributed by atoms with van der Waals surface area (Å²) in [6.45, 7) is 11.9. The van der Waals surface area contributed by atoms with Gasteiger partial charge in [-0.05, 0) is 180 Å². The number of alkyl halides is 6. The van der Waals surface area contributed by atoms with Crippen molar-refractivity contribution in [1.82, 2.24) is 0 Å². The second kappa shape index (κ2) is 39.2. The molecule has 3 heterocycles. The van der Waals surface area contributed by atoms with Gasteiger partial charge in [-0.15, -0.1) is 11.3 Å². The van der Waals surface area contributed by atoms with Crippen LogP contribution in [0.3, 0.4) is 0 Å². The summed E-state index contributed by atoms with van der Waals surface area (Å²) in [5, 5.41) is 16.4. The van der Waals surface area contributed by atoms with E-state index in [2.05, 4.69) is 20.6 Å². The molecular formula is C88H74Cl3F6N5O9S. The molecule has 0 saturated heterocycles. The van der Waals surface area contributed by atoms with E-state index in [4.69, 9.17) is 54.1 Å². The van der Waals surface area contributed by atoms with Gasteiger partial charge in [-0.1, -0.05) is 196 Å². The number of rotatable bonds is 14. The number of anilines is 3. The zero-order valence-corrected chi connectivity index (χ0v) is 64.5. The Hall–Kier alpha value is -11.9. The Balaban J connectivity index is 0.000000155. The molecule has 14 rings (SSSR count). The number of nitrogens with one attached hydrogen (secondary N) is 2. The molecule has 112 heavy (non-hydrogen) atoms. The lowest BCUT2D eigenvalue weighted by Crippen LogP contribution is -2.25. The fourth-order valence-electron chi connectivity index (χ4n) is 10.6. The number of benzene rings is 11. The Bertz CT molecular complexity index is 5300. The molecule has 14 nitrogen and oxygen atoms in total. The molecule has 0 fully saturated rings. The number of carbonyl (C=O) groups is 5. The summed E-state index contributed by atoms with van der Waals surface area (Å²) in [6.07, 6.45) is -9.86. The SMILES string of the molecule is Cc1ccc(N=C2C(=O)N(C)c3ccccc32)cc1.Cc1ccc(N=C2C(=O)Nc3ccccc32)cc1.Cc1ccc(NC(=O)CCC(=O)O)cc1.Cc1ccc(OC(=O)c2sc3ccccc3c2Cl)cc1.Cc1ccc(OCc2cc(C(F)(F)F)cc(C(F)(F)F)c2)cc1.Cc1ccc(OCc2cc(Cl)cc(Cl)c2)cc1. The molecule has 0 aliphatic carbocycles. The van der Waals surface area contributed by atoms with Gasteiger partial charge < -0.3 is 34.9 Å². The molecule has 574 valence electrons. The Morgan fingerprint density at radius 2 is 0.929 bits per heavy atom. The van der Waals surface area contributed by atoms with Crippen LogP contribution in [0.25, 0.3) is 10.1 Å². The summed E-state index contributed by atoms with van der Waals surface area (Å²) in [7, 11) is 1.78. The average molecular weight is 1600 g/mol. The van der Waals surface area contributed by atoms with E-state index in [0.29, 0.717) is 67.3 Å². The quantitative estimate of drug-likeness (QED) is 0.0541. The van der Waals surface area contributed by atoms with Crippen molar-refractivity contribution in [2.75, 3.05) is 22.6 Å². The number of hydrogen-bond donors (Lipinski definition) is 3. The van der Waals surface area contributed by atoms with Crippen molar-refractivity contribution in [3.63, 3.8) is 0 Å². The molecule has 0 unspecified atom stereocenters. The number of hydrogen-bond acceptors (Lipinski definition) is 11. The van der Waals surface area contributed by atoms with Gasteiger partial charge in [-0.2, -0.15) is 26.3 Å². The molecule has 3 amide bonds.